The van der Waals surface area contributed by atoms with Crippen LogP contribution in [0.1, 0.15) is 0 Å². The van der Waals surface area contributed by atoms with Gasteiger partial charge in [-0.15, -0.1) is 35.9 Å². The van der Waals surface area contributed by atoms with Gasteiger partial charge in [0.2, 0.25) is 0 Å². The number of rotatable bonds is 4. The molecule has 33 heavy (non-hydrogen) atoms. The van der Waals surface area contributed by atoms with E-state index in [0.717, 1.165) is 27.2 Å². The van der Waals surface area contributed by atoms with E-state index in [0.29, 0.717) is 0 Å². The fraction of sp³-hybridized carbons (Fsp3) is 0. The van der Waals surface area contributed by atoms with E-state index in [9.17, 15) is 4.57 Å². The van der Waals surface area contributed by atoms with E-state index in [1.807, 2.05) is 127 Å². The SMILES string of the molecule is O=P(c1[c-]cccc1)(c1ccccc1)c1ccccc1.[Ir].[c-]1ccccc1-c1ccccn1. The summed E-state index contributed by atoms with van der Waals surface area (Å²) in [4.78, 5) is 4.22. The van der Waals surface area contributed by atoms with Gasteiger partial charge in [-0.2, -0.15) is 30.3 Å². The standard InChI is InChI=1S/C18H14OP.C11H8N.Ir/c19-20(16-10-4-1-5-11-16,17-12-6-2-7-13-17)18-14-8-3-9-15-18;1-2-6-10(7-3-1)11-8-4-5-9-12-11;/h1-14H;1-6,8-9H;/q2*-1;. The number of hydrogen-bond donors (Lipinski definition) is 0. The maximum Gasteiger partial charge on any atom is 0.147 e. The zero-order valence-corrected chi connectivity index (χ0v) is 21.1. The summed E-state index contributed by atoms with van der Waals surface area (Å²) in [6.07, 6.45) is 1.79. The van der Waals surface area contributed by atoms with Crippen molar-refractivity contribution >= 4 is 23.1 Å². The third-order valence-electron chi connectivity index (χ3n) is 4.92. The fourth-order valence-electron chi connectivity index (χ4n) is 3.36. The zero-order valence-electron chi connectivity index (χ0n) is 17.8. The molecule has 165 valence electrons. The third kappa shape index (κ3) is 6.03. The van der Waals surface area contributed by atoms with E-state index in [4.69, 9.17) is 0 Å². The van der Waals surface area contributed by atoms with Crippen molar-refractivity contribution in [1.82, 2.24) is 4.98 Å². The Morgan fingerprint density at radius 2 is 1.12 bits per heavy atom. The summed E-state index contributed by atoms with van der Waals surface area (Å²) in [5.41, 5.74) is 2.01. The van der Waals surface area contributed by atoms with Gasteiger partial charge in [-0.1, -0.05) is 78.1 Å². The molecule has 0 N–H and O–H groups in total. The smallest absolute Gasteiger partial charge is 0.147 e. The van der Waals surface area contributed by atoms with E-state index in [-0.39, 0.29) is 20.1 Å². The predicted octanol–water partition coefficient (Wildman–Crippen LogP) is 5.67. The van der Waals surface area contributed by atoms with Crippen molar-refractivity contribution in [1.29, 1.82) is 0 Å². The van der Waals surface area contributed by atoms with Crippen molar-refractivity contribution < 1.29 is 24.7 Å². The first-order chi connectivity index (χ1) is 15.8. The van der Waals surface area contributed by atoms with Gasteiger partial charge in [0.25, 0.3) is 0 Å². The summed E-state index contributed by atoms with van der Waals surface area (Å²) in [5.74, 6) is 0. The van der Waals surface area contributed by atoms with Gasteiger partial charge in [0.1, 0.15) is 7.14 Å². The molecule has 0 amide bonds. The Labute approximate surface area is 209 Å². The van der Waals surface area contributed by atoms with Crippen molar-refractivity contribution in [3.05, 3.63) is 146 Å². The van der Waals surface area contributed by atoms with Gasteiger partial charge >= 0.3 is 0 Å². The normalized spacial score (nSPS) is 10.3. The van der Waals surface area contributed by atoms with Gasteiger partial charge in [-0.05, 0) is 11.8 Å². The van der Waals surface area contributed by atoms with Crippen LogP contribution in [-0.4, -0.2) is 4.98 Å². The van der Waals surface area contributed by atoms with Crippen LogP contribution in [0.15, 0.2) is 134 Å². The molecule has 5 aromatic rings. The summed E-state index contributed by atoms with van der Waals surface area (Å²) in [6, 6.07) is 46.7. The molecular weight excluding hydrogens is 602 g/mol. The number of hydrogen-bond acceptors (Lipinski definition) is 2. The van der Waals surface area contributed by atoms with Crippen molar-refractivity contribution in [2.45, 2.75) is 0 Å². The molecule has 0 saturated heterocycles. The molecule has 4 heteroatoms. The van der Waals surface area contributed by atoms with Crippen LogP contribution in [0.5, 0.6) is 0 Å². The van der Waals surface area contributed by atoms with Crippen LogP contribution in [-0.2, 0) is 24.7 Å². The number of benzene rings is 4. The molecule has 0 aliphatic heterocycles. The van der Waals surface area contributed by atoms with Crippen LogP contribution in [0.3, 0.4) is 0 Å². The number of aromatic nitrogens is 1. The first-order valence-electron chi connectivity index (χ1n) is 10.3. The molecule has 1 heterocycles. The van der Waals surface area contributed by atoms with Gasteiger partial charge in [0.05, 0.1) is 0 Å². The minimum atomic E-state index is -2.83. The average Bonchev–Trinajstić information content (AvgIpc) is 2.91. The molecular formula is C29H22IrNOP-2. The second-order valence-electron chi connectivity index (χ2n) is 7.02. The Hall–Kier alpha value is -3.09. The molecule has 0 fully saturated rings. The second kappa shape index (κ2) is 12.2. The summed E-state index contributed by atoms with van der Waals surface area (Å²) >= 11 is 0. The molecule has 5 rings (SSSR count). The molecule has 0 bridgehead atoms. The topological polar surface area (TPSA) is 30.0 Å². The molecule has 0 atom stereocenters. The monoisotopic (exact) mass is 624 g/mol. The van der Waals surface area contributed by atoms with Gasteiger partial charge in [-0.25, -0.2) is 0 Å². The van der Waals surface area contributed by atoms with E-state index < -0.39 is 7.14 Å². The van der Waals surface area contributed by atoms with Gasteiger partial charge in [0.15, 0.2) is 0 Å². The van der Waals surface area contributed by atoms with Crippen LogP contribution < -0.4 is 15.9 Å². The first-order valence-corrected chi connectivity index (χ1v) is 12.1. The average molecular weight is 624 g/mol. The van der Waals surface area contributed by atoms with Crippen molar-refractivity contribution in [2.75, 3.05) is 0 Å². The van der Waals surface area contributed by atoms with Crippen LogP contribution in [0.2, 0.25) is 0 Å². The molecule has 4 aromatic carbocycles. The fourth-order valence-corrected chi connectivity index (χ4v) is 5.95. The van der Waals surface area contributed by atoms with Crippen molar-refractivity contribution in [3.8, 4) is 11.3 Å². The quantitative estimate of drug-likeness (QED) is 0.191. The van der Waals surface area contributed by atoms with Gasteiger partial charge in [0, 0.05) is 36.9 Å². The van der Waals surface area contributed by atoms with E-state index in [1.165, 1.54) is 0 Å². The Morgan fingerprint density at radius 1 is 0.576 bits per heavy atom. The summed E-state index contributed by atoms with van der Waals surface area (Å²) in [6.45, 7) is 0. The van der Waals surface area contributed by atoms with Crippen LogP contribution in [0, 0.1) is 12.1 Å². The van der Waals surface area contributed by atoms with Crippen LogP contribution >= 0.6 is 7.14 Å². The second-order valence-corrected chi connectivity index (χ2v) is 9.75. The van der Waals surface area contributed by atoms with Crippen LogP contribution in [0.4, 0.5) is 0 Å². The van der Waals surface area contributed by atoms with Crippen LogP contribution in [0.25, 0.3) is 11.3 Å². The molecule has 0 saturated carbocycles. The summed E-state index contributed by atoms with van der Waals surface area (Å²) in [7, 11) is -2.83. The minimum Gasteiger partial charge on any atom is -0.311 e. The molecule has 0 unspecified atom stereocenters. The maximum absolute atomic E-state index is 13.8. The maximum atomic E-state index is 13.8. The molecule has 0 aliphatic rings. The van der Waals surface area contributed by atoms with E-state index in [2.05, 4.69) is 17.1 Å². The summed E-state index contributed by atoms with van der Waals surface area (Å²) < 4.78 is 13.8. The van der Waals surface area contributed by atoms with Crippen molar-refractivity contribution in [2.24, 2.45) is 0 Å². The third-order valence-corrected chi connectivity index (χ3v) is 7.93. The Kier molecular flexibility index (Phi) is 9.10. The van der Waals surface area contributed by atoms with E-state index >= 15 is 0 Å². The number of nitrogens with zero attached hydrogens (tertiary/aromatic N) is 1. The minimum absolute atomic E-state index is 0. The molecule has 1 radical (unpaired) electrons. The molecule has 0 spiro atoms. The molecule has 1 aromatic heterocycles. The predicted molar refractivity (Wildman–Crippen MR) is 133 cm³/mol. The molecule has 0 aliphatic carbocycles. The first kappa shape index (κ1) is 24.5. The largest absolute Gasteiger partial charge is 0.311 e. The van der Waals surface area contributed by atoms with Gasteiger partial charge in [-0.3, -0.25) is 0 Å². The Balaban J connectivity index is 0.000000202. The van der Waals surface area contributed by atoms with Gasteiger partial charge < -0.3 is 9.55 Å². The Morgan fingerprint density at radius 3 is 1.61 bits per heavy atom. The molecule has 2 nitrogen and oxygen atoms in total. The zero-order chi connectivity index (χ0) is 22.1. The number of pyridine rings is 1. The Bertz CT molecular complexity index is 1130. The van der Waals surface area contributed by atoms with Crippen molar-refractivity contribution in [3.63, 3.8) is 0 Å². The summed E-state index contributed by atoms with van der Waals surface area (Å²) in [5, 5.41) is 2.43. The van der Waals surface area contributed by atoms with E-state index in [1.54, 1.807) is 6.20 Å².